The SMILES string of the molecule is CN(C[C@H](O)CO)NC(=O)OC(C)(C)C. The van der Waals surface area contributed by atoms with Crippen LogP contribution >= 0.6 is 0 Å². The summed E-state index contributed by atoms with van der Waals surface area (Å²) >= 11 is 0. The number of carbonyl (C=O) groups is 1. The number of amides is 1. The zero-order valence-electron chi connectivity index (χ0n) is 9.65. The standard InChI is InChI=1S/C9H20N2O4/c1-9(2,3)15-8(14)10-11(4)5-7(13)6-12/h7,12-13H,5-6H2,1-4H3,(H,10,14)/t7-/m0/s1. The third kappa shape index (κ3) is 8.17. The molecular formula is C9H20N2O4. The van der Waals surface area contributed by atoms with Crippen molar-refractivity contribution in [2.24, 2.45) is 0 Å². The molecule has 90 valence electrons. The van der Waals surface area contributed by atoms with Crippen molar-refractivity contribution in [1.29, 1.82) is 0 Å². The number of hydrazine groups is 1. The van der Waals surface area contributed by atoms with Crippen LogP contribution in [0.5, 0.6) is 0 Å². The van der Waals surface area contributed by atoms with Crippen LogP contribution < -0.4 is 5.43 Å². The monoisotopic (exact) mass is 220 g/mol. The van der Waals surface area contributed by atoms with E-state index in [4.69, 9.17) is 14.9 Å². The van der Waals surface area contributed by atoms with E-state index in [9.17, 15) is 4.79 Å². The maximum atomic E-state index is 11.2. The van der Waals surface area contributed by atoms with Crippen LogP contribution in [0.4, 0.5) is 4.79 Å². The minimum absolute atomic E-state index is 0.135. The molecule has 6 nitrogen and oxygen atoms in total. The number of hydrogen-bond donors (Lipinski definition) is 3. The molecule has 0 saturated carbocycles. The topological polar surface area (TPSA) is 82.0 Å². The molecule has 0 aromatic carbocycles. The fraction of sp³-hybridized carbons (Fsp3) is 0.889. The van der Waals surface area contributed by atoms with E-state index in [1.807, 2.05) is 0 Å². The largest absolute Gasteiger partial charge is 0.443 e. The van der Waals surface area contributed by atoms with Gasteiger partial charge in [-0.05, 0) is 20.8 Å². The minimum Gasteiger partial charge on any atom is -0.443 e. The van der Waals surface area contributed by atoms with Gasteiger partial charge in [-0.25, -0.2) is 9.80 Å². The van der Waals surface area contributed by atoms with Gasteiger partial charge in [0.05, 0.1) is 12.7 Å². The first-order valence-corrected chi connectivity index (χ1v) is 4.74. The Balaban J connectivity index is 3.87. The van der Waals surface area contributed by atoms with E-state index < -0.39 is 17.8 Å². The molecule has 0 unspecified atom stereocenters. The summed E-state index contributed by atoms with van der Waals surface area (Å²) in [5.74, 6) is 0. The number of aliphatic hydroxyl groups is 2. The van der Waals surface area contributed by atoms with Gasteiger partial charge < -0.3 is 14.9 Å². The number of aliphatic hydroxyl groups excluding tert-OH is 2. The molecule has 1 atom stereocenters. The van der Waals surface area contributed by atoms with E-state index in [1.165, 1.54) is 5.01 Å². The normalized spacial score (nSPS) is 13.8. The van der Waals surface area contributed by atoms with Gasteiger partial charge in [0.15, 0.2) is 0 Å². The lowest BCUT2D eigenvalue weighted by atomic mass is 10.2. The first-order valence-electron chi connectivity index (χ1n) is 4.74. The number of nitrogens with zero attached hydrogens (tertiary/aromatic N) is 1. The second-order valence-corrected chi connectivity index (χ2v) is 4.33. The number of rotatable bonds is 4. The fourth-order valence-electron chi connectivity index (χ4n) is 0.876. The van der Waals surface area contributed by atoms with Crippen LogP contribution in [-0.2, 0) is 4.74 Å². The van der Waals surface area contributed by atoms with Crippen LogP contribution in [0.3, 0.4) is 0 Å². The molecule has 0 aliphatic heterocycles. The molecular weight excluding hydrogens is 200 g/mol. The highest BCUT2D eigenvalue weighted by atomic mass is 16.6. The highest BCUT2D eigenvalue weighted by Crippen LogP contribution is 2.06. The van der Waals surface area contributed by atoms with E-state index in [0.717, 1.165) is 0 Å². The molecule has 0 fully saturated rings. The first-order chi connectivity index (χ1) is 6.74. The number of carbonyl (C=O) groups excluding carboxylic acids is 1. The van der Waals surface area contributed by atoms with E-state index >= 15 is 0 Å². The molecule has 0 aliphatic carbocycles. The summed E-state index contributed by atoms with van der Waals surface area (Å²) in [5.41, 5.74) is 1.85. The van der Waals surface area contributed by atoms with Crippen LogP contribution in [0.2, 0.25) is 0 Å². The highest BCUT2D eigenvalue weighted by Gasteiger charge is 2.17. The first kappa shape index (κ1) is 14.2. The lowest BCUT2D eigenvalue weighted by molar-refractivity contribution is 0.0206. The zero-order chi connectivity index (χ0) is 12.1. The molecule has 1 amide bonds. The van der Waals surface area contributed by atoms with Crippen molar-refractivity contribution in [3.63, 3.8) is 0 Å². The van der Waals surface area contributed by atoms with E-state index in [0.29, 0.717) is 0 Å². The summed E-state index contributed by atoms with van der Waals surface area (Å²) in [4.78, 5) is 11.2. The Morgan fingerprint density at radius 3 is 2.47 bits per heavy atom. The Bertz CT molecular complexity index is 203. The lowest BCUT2D eigenvalue weighted by Crippen LogP contribution is -2.46. The summed E-state index contributed by atoms with van der Waals surface area (Å²) in [7, 11) is 1.57. The van der Waals surface area contributed by atoms with Crippen molar-refractivity contribution < 1.29 is 19.7 Å². The van der Waals surface area contributed by atoms with Crippen molar-refractivity contribution in [1.82, 2.24) is 10.4 Å². The predicted molar refractivity (Wildman–Crippen MR) is 55.1 cm³/mol. The van der Waals surface area contributed by atoms with Crippen LogP contribution in [-0.4, -0.2) is 53.2 Å². The minimum atomic E-state index is -0.884. The molecule has 0 spiro atoms. The smallest absolute Gasteiger partial charge is 0.422 e. The van der Waals surface area contributed by atoms with E-state index in [2.05, 4.69) is 5.43 Å². The average Bonchev–Trinajstić information content (AvgIpc) is 1.99. The van der Waals surface area contributed by atoms with Crippen LogP contribution in [0.1, 0.15) is 20.8 Å². The summed E-state index contributed by atoms with van der Waals surface area (Å²) < 4.78 is 4.99. The maximum absolute atomic E-state index is 11.2. The van der Waals surface area contributed by atoms with Crippen molar-refractivity contribution in [3.05, 3.63) is 0 Å². The molecule has 3 N–H and O–H groups in total. The lowest BCUT2D eigenvalue weighted by Gasteiger charge is -2.24. The molecule has 0 aromatic rings. The van der Waals surface area contributed by atoms with Crippen LogP contribution in [0, 0.1) is 0 Å². The third-order valence-electron chi connectivity index (χ3n) is 1.38. The molecule has 0 bridgehead atoms. The van der Waals surface area contributed by atoms with Gasteiger partial charge in [0.25, 0.3) is 0 Å². The Morgan fingerprint density at radius 1 is 1.53 bits per heavy atom. The summed E-state index contributed by atoms with van der Waals surface area (Å²) in [5, 5.41) is 19.0. The number of ether oxygens (including phenoxy) is 1. The van der Waals surface area contributed by atoms with Crippen molar-refractivity contribution in [2.45, 2.75) is 32.5 Å². The van der Waals surface area contributed by atoms with Gasteiger partial charge in [0.1, 0.15) is 5.60 Å². The quantitative estimate of drug-likeness (QED) is 0.567. The van der Waals surface area contributed by atoms with Crippen LogP contribution in [0.15, 0.2) is 0 Å². The van der Waals surface area contributed by atoms with E-state index in [1.54, 1.807) is 27.8 Å². The van der Waals surface area contributed by atoms with Gasteiger partial charge in [-0.15, -0.1) is 0 Å². The molecule has 0 aliphatic rings. The Labute approximate surface area is 89.8 Å². The second-order valence-electron chi connectivity index (χ2n) is 4.33. The van der Waals surface area contributed by atoms with Gasteiger partial charge in [-0.3, -0.25) is 5.43 Å². The zero-order valence-corrected chi connectivity index (χ0v) is 9.65. The molecule has 0 heterocycles. The van der Waals surface area contributed by atoms with Crippen molar-refractivity contribution in [2.75, 3.05) is 20.2 Å². The van der Waals surface area contributed by atoms with Gasteiger partial charge in [-0.2, -0.15) is 0 Å². The Kier molecular flexibility index (Phi) is 5.56. The van der Waals surface area contributed by atoms with Crippen LogP contribution in [0.25, 0.3) is 0 Å². The molecule has 0 saturated heterocycles. The molecule has 0 radical (unpaired) electrons. The highest BCUT2D eigenvalue weighted by molar-refractivity contribution is 5.66. The Hall–Kier alpha value is -0.850. The molecule has 6 heteroatoms. The summed E-state index contributed by atoms with van der Waals surface area (Å²) in [6.45, 7) is 5.07. The fourth-order valence-corrected chi connectivity index (χ4v) is 0.876. The van der Waals surface area contributed by atoms with Crippen molar-refractivity contribution in [3.8, 4) is 0 Å². The number of likely N-dealkylation sites (N-methyl/N-ethyl adjacent to an activating group) is 1. The van der Waals surface area contributed by atoms with Gasteiger partial charge in [-0.1, -0.05) is 0 Å². The molecule has 0 rings (SSSR count). The predicted octanol–water partition coefficient (Wildman–Crippen LogP) is -0.289. The van der Waals surface area contributed by atoms with E-state index in [-0.39, 0.29) is 13.2 Å². The second kappa shape index (κ2) is 5.89. The van der Waals surface area contributed by atoms with Crippen molar-refractivity contribution >= 4 is 6.09 Å². The average molecular weight is 220 g/mol. The number of nitrogens with one attached hydrogen (secondary N) is 1. The summed E-state index contributed by atoms with van der Waals surface area (Å²) in [6, 6.07) is 0. The van der Waals surface area contributed by atoms with Gasteiger partial charge >= 0.3 is 6.09 Å². The molecule has 15 heavy (non-hydrogen) atoms. The number of hydrogen-bond acceptors (Lipinski definition) is 5. The summed E-state index contributed by atoms with van der Waals surface area (Å²) in [6.07, 6.45) is -1.47. The van der Waals surface area contributed by atoms with Gasteiger partial charge in [0, 0.05) is 13.6 Å². The van der Waals surface area contributed by atoms with Gasteiger partial charge in [0.2, 0.25) is 0 Å². The Morgan fingerprint density at radius 2 is 2.07 bits per heavy atom. The third-order valence-corrected chi connectivity index (χ3v) is 1.38. The maximum Gasteiger partial charge on any atom is 0.422 e. The molecule has 0 aromatic heterocycles.